The van der Waals surface area contributed by atoms with Gasteiger partial charge in [0.25, 0.3) is 0 Å². The van der Waals surface area contributed by atoms with Crippen LogP contribution >= 0.6 is 0 Å². The summed E-state index contributed by atoms with van der Waals surface area (Å²) in [6, 6.07) is 10.5. The number of carboxylic acids is 4. The molecule has 2 aromatic rings. The van der Waals surface area contributed by atoms with Gasteiger partial charge in [-0.15, -0.1) is 0 Å². The van der Waals surface area contributed by atoms with Crippen molar-refractivity contribution in [3.05, 3.63) is 71.8 Å². The van der Waals surface area contributed by atoms with E-state index in [-0.39, 0.29) is 0 Å². The predicted molar refractivity (Wildman–Crippen MR) is 107 cm³/mol. The molecule has 0 aliphatic carbocycles. The predicted octanol–water partition coefficient (Wildman–Crippen LogP) is 1.32. The minimum Gasteiger partial charge on any atom is -0.481 e. The van der Waals surface area contributed by atoms with Gasteiger partial charge in [-0.1, -0.05) is 60.7 Å². The molecule has 0 amide bonds. The number of rotatable bonds is 6. The molecule has 2 aliphatic rings. The number of aliphatic carboxylic acids is 4. The number of hydrogen-bond donors (Lipinski definition) is 4. The minimum absolute atomic E-state index is 0.387. The topological polar surface area (TPSA) is 156 Å². The summed E-state index contributed by atoms with van der Waals surface area (Å²) in [5.74, 6) is -8.84. The van der Waals surface area contributed by atoms with Gasteiger partial charge in [0.1, 0.15) is 23.9 Å². The van der Waals surface area contributed by atoms with Crippen LogP contribution in [0.4, 0.5) is 0 Å². The summed E-state index contributed by atoms with van der Waals surface area (Å²) in [5, 5.41) is 42.3. The lowest BCUT2D eigenvalue weighted by atomic mass is 9.82. The molecule has 0 saturated carbocycles. The Balaban J connectivity index is 2.00. The lowest BCUT2D eigenvalue weighted by Gasteiger charge is -2.31. The van der Waals surface area contributed by atoms with Crippen LogP contribution in [0.3, 0.4) is 0 Å². The third-order valence-corrected chi connectivity index (χ3v) is 6.13. The van der Waals surface area contributed by atoms with Gasteiger partial charge in [-0.05, 0) is 11.1 Å². The van der Waals surface area contributed by atoms with E-state index in [2.05, 4.69) is 0 Å². The van der Waals surface area contributed by atoms with Crippen molar-refractivity contribution in [3.63, 3.8) is 0 Å². The lowest BCUT2D eigenvalue weighted by molar-refractivity contribution is -0.156. The number of benzene rings is 2. The molecule has 0 unspecified atom stereocenters. The van der Waals surface area contributed by atoms with Crippen LogP contribution < -0.4 is 0 Å². The standard InChI is InChI=1S/C22H20N2O8/c25-19(26)13-15(11-7-3-1-4-8-11)23-18(22(31)32)14(20(27)28)16(12-9-5-2-6-10-12)24(23)17(13)21(29)30/h1-10,13-18H,(H,25,26)(H,27,28)(H,29,30)(H,31,32)/t13-,14-,15-,16+,17-,18+/m1/s1. The quantitative estimate of drug-likeness (QED) is 0.517. The van der Waals surface area contributed by atoms with Crippen molar-refractivity contribution in [2.24, 2.45) is 11.8 Å². The number of carboxylic acid groups (broad SMARTS) is 4. The molecule has 32 heavy (non-hydrogen) atoms. The second kappa shape index (κ2) is 8.06. The van der Waals surface area contributed by atoms with Gasteiger partial charge in [0.15, 0.2) is 0 Å². The molecule has 10 heteroatoms. The van der Waals surface area contributed by atoms with Gasteiger partial charge in [0, 0.05) is 0 Å². The van der Waals surface area contributed by atoms with Gasteiger partial charge in [-0.25, -0.2) is 10.0 Å². The summed E-state index contributed by atoms with van der Waals surface area (Å²) in [6.45, 7) is 0. The summed E-state index contributed by atoms with van der Waals surface area (Å²) in [5.41, 5.74) is 0.774. The molecule has 4 N–H and O–H groups in total. The van der Waals surface area contributed by atoms with E-state index in [1.54, 1.807) is 60.7 Å². The number of fused-ring (bicyclic) bond motifs is 1. The van der Waals surface area contributed by atoms with Crippen LogP contribution in [-0.4, -0.2) is 66.4 Å². The Kier molecular flexibility index (Phi) is 5.41. The SMILES string of the molecule is O=C(O)[C@@H]1[C@@H](c2ccccc2)N2[C@H](C(=O)O)[C@H](C(=O)O)[C@H](c3ccccc3)N2[C@H]1C(=O)O. The van der Waals surface area contributed by atoms with Gasteiger partial charge >= 0.3 is 23.9 Å². The fourth-order valence-electron chi connectivity index (χ4n) is 5.02. The van der Waals surface area contributed by atoms with Crippen molar-refractivity contribution in [2.75, 3.05) is 0 Å². The third kappa shape index (κ3) is 3.20. The molecule has 2 aliphatic heterocycles. The van der Waals surface area contributed by atoms with E-state index in [4.69, 9.17) is 0 Å². The van der Waals surface area contributed by atoms with Gasteiger partial charge in [-0.3, -0.25) is 19.2 Å². The van der Waals surface area contributed by atoms with E-state index in [0.717, 1.165) is 10.0 Å². The molecule has 0 aromatic heterocycles. The largest absolute Gasteiger partial charge is 0.481 e. The van der Waals surface area contributed by atoms with Gasteiger partial charge in [0.2, 0.25) is 0 Å². The van der Waals surface area contributed by atoms with Crippen LogP contribution in [0.25, 0.3) is 0 Å². The zero-order chi connectivity index (χ0) is 23.2. The van der Waals surface area contributed by atoms with Gasteiger partial charge < -0.3 is 20.4 Å². The third-order valence-electron chi connectivity index (χ3n) is 6.13. The maximum absolute atomic E-state index is 12.3. The fraction of sp³-hybridized carbons (Fsp3) is 0.273. The Hall–Kier alpha value is -3.76. The van der Waals surface area contributed by atoms with Crippen LogP contribution in [0, 0.1) is 11.8 Å². The molecule has 2 heterocycles. The minimum atomic E-state index is -1.67. The number of nitrogens with zero attached hydrogens (tertiary/aromatic N) is 2. The Morgan fingerprint density at radius 1 is 0.531 bits per heavy atom. The number of hydrazine groups is 1. The molecule has 2 saturated heterocycles. The van der Waals surface area contributed by atoms with Crippen LogP contribution in [0.2, 0.25) is 0 Å². The van der Waals surface area contributed by atoms with E-state index in [1.165, 1.54) is 0 Å². The molecular weight excluding hydrogens is 420 g/mol. The van der Waals surface area contributed by atoms with Gasteiger partial charge in [-0.2, -0.15) is 0 Å². The van der Waals surface area contributed by atoms with E-state index < -0.39 is 59.9 Å². The highest BCUT2D eigenvalue weighted by Crippen LogP contribution is 2.55. The Labute approximate surface area is 181 Å². The van der Waals surface area contributed by atoms with Crippen molar-refractivity contribution in [1.82, 2.24) is 10.0 Å². The fourth-order valence-corrected chi connectivity index (χ4v) is 5.02. The van der Waals surface area contributed by atoms with Crippen LogP contribution in [-0.2, 0) is 19.2 Å². The van der Waals surface area contributed by atoms with Crippen LogP contribution in [0.5, 0.6) is 0 Å². The zero-order valence-corrected chi connectivity index (χ0v) is 16.6. The van der Waals surface area contributed by atoms with E-state index >= 15 is 0 Å². The summed E-state index contributed by atoms with van der Waals surface area (Å²) in [7, 11) is 0. The van der Waals surface area contributed by atoms with Crippen LogP contribution in [0.1, 0.15) is 23.2 Å². The first kappa shape index (κ1) is 21.5. The van der Waals surface area contributed by atoms with E-state index in [9.17, 15) is 39.6 Å². The second-order valence-corrected chi connectivity index (χ2v) is 7.77. The first-order valence-electron chi connectivity index (χ1n) is 9.83. The van der Waals surface area contributed by atoms with Crippen LogP contribution in [0.15, 0.2) is 60.7 Å². The van der Waals surface area contributed by atoms with E-state index in [1.807, 2.05) is 0 Å². The first-order valence-corrected chi connectivity index (χ1v) is 9.83. The van der Waals surface area contributed by atoms with Crippen molar-refractivity contribution in [3.8, 4) is 0 Å². The highest BCUT2D eigenvalue weighted by molar-refractivity contribution is 5.88. The molecule has 0 bridgehead atoms. The first-order chi connectivity index (χ1) is 15.3. The Morgan fingerprint density at radius 2 is 0.844 bits per heavy atom. The summed E-state index contributed by atoms with van der Waals surface area (Å²) in [6.07, 6.45) is 0. The molecule has 2 aromatic carbocycles. The summed E-state index contributed by atoms with van der Waals surface area (Å²) in [4.78, 5) is 49.3. The molecular formula is C22H20N2O8. The molecule has 6 atom stereocenters. The second-order valence-electron chi connectivity index (χ2n) is 7.77. The maximum Gasteiger partial charge on any atom is 0.323 e. The van der Waals surface area contributed by atoms with Gasteiger partial charge in [0.05, 0.1) is 12.1 Å². The summed E-state index contributed by atoms with van der Waals surface area (Å²) >= 11 is 0. The average molecular weight is 440 g/mol. The zero-order valence-electron chi connectivity index (χ0n) is 16.6. The molecule has 0 radical (unpaired) electrons. The number of carbonyl (C=O) groups is 4. The molecule has 10 nitrogen and oxygen atoms in total. The Bertz CT molecular complexity index is 975. The van der Waals surface area contributed by atoms with Crippen molar-refractivity contribution >= 4 is 23.9 Å². The van der Waals surface area contributed by atoms with E-state index in [0.29, 0.717) is 11.1 Å². The monoisotopic (exact) mass is 440 g/mol. The molecule has 2 fully saturated rings. The number of hydrogen-bond acceptors (Lipinski definition) is 6. The maximum atomic E-state index is 12.3. The van der Waals surface area contributed by atoms with Crippen molar-refractivity contribution in [1.29, 1.82) is 0 Å². The highest BCUT2D eigenvalue weighted by Gasteiger charge is 2.68. The molecule has 166 valence electrons. The smallest absolute Gasteiger partial charge is 0.323 e. The molecule has 0 spiro atoms. The Morgan fingerprint density at radius 3 is 1.09 bits per heavy atom. The van der Waals surface area contributed by atoms with Crippen molar-refractivity contribution in [2.45, 2.75) is 24.2 Å². The average Bonchev–Trinajstić information content (AvgIpc) is 3.27. The van der Waals surface area contributed by atoms with Crippen molar-refractivity contribution < 1.29 is 39.6 Å². The highest BCUT2D eigenvalue weighted by atomic mass is 16.4. The normalized spacial score (nSPS) is 30.0. The lowest BCUT2D eigenvalue weighted by Crippen LogP contribution is -2.46. The summed E-state index contributed by atoms with van der Waals surface area (Å²) < 4.78 is 0. The molecule has 4 rings (SSSR count).